The number of benzene rings is 2. The van der Waals surface area contributed by atoms with Gasteiger partial charge in [-0.1, -0.05) is 12.1 Å². The van der Waals surface area contributed by atoms with Gasteiger partial charge in [0.05, 0.1) is 11.2 Å². The van der Waals surface area contributed by atoms with Crippen LogP contribution < -0.4 is 10.9 Å². The van der Waals surface area contributed by atoms with E-state index in [4.69, 9.17) is 4.42 Å². The van der Waals surface area contributed by atoms with E-state index >= 15 is 0 Å². The van der Waals surface area contributed by atoms with Crippen molar-refractivity contribution in [2.24, 2.45) is 0 Å². The summed E-state index contributed by atoms with van der Waals surface area (Å²) in [6.45, 7) is -0.257. The third-order valence-electron chi connectivity index (χ3n) is 4.23. The summed E-state index contributed by atoms with van der Waals surface area (Å²) in [6.07, 6.45) is 2.41. The number of anilines is 1. The van der Waals surface area contributed by atoms with Gasteiger partial charge >= 0.3 is 0 Å². The monoisotopic (exact) mass is 397 g/mol. The molecule has 4 aromatic rings. The van der Waals surface area contributed by atoms with Crippen LogP contribution in [0.25, 0.3) is 22.1 Å². The molecule has 0 fully saturated rings. The van der Waals surface area contributed by atoms with Crippen molar-refractivity contribution in [3.05, 3.63) is 65.2 Å². The molecule has 142 valence electrons. The third-order valence-corrected chi connectivity index (χ3v) is 5.36. The molecule has 0 aliphatic rings. The van der Waals surface area contributed by atoms with Gasteiger partial charge in [-0.15, -0.1) is 0 Å². The molecule has 2 heterocycles. The molecule has 0 unspecified atom stereocenters. The summed E-state index contributed by atoms with van der Waals surface area (Å²) in [7, 11) is -3.31. The molecule has 8 nitrogen and oxygen atoms in total. The molecule has 0 radical (unpaired) electrons. The van der Waals surface area contributed by atoms with Crippen LogP contribution in [0.4, 0.5) is 5.69 Å². The van der Waals surface area contributed by atoms with Crippen LogP contribution in [0.2, 0.25) is 0 Å². The van der Waals surface area contributed by atoms with Crippen LogP contribution in [0, 0.1) is 0 Å². The number of rotatable bonds is 4. The molecule has 0 aliphatic heterocycles. The lowest BCUT2D eigenvalue weighted by atomic mass is 10.2. The lowest BCUT2D eigenvalue weighted by molar-refractivity contribution is -0.116. The fraction of sp³-hybridized carbons (Fsp3) is 0.105. The normalized spacial score (nSPS) is 11.8. The second-order valence-electron chi connectivity index (χ2n) is 6.30. The number of carbonyl (C=O) groups is 1. The lowest BCUT2D eigenvalue weighted by Crippen LogP contribution is -2.27. The third kappa shape index (κ3) is 3.27. The van der Waals surface area contributed by atoms with Gasteiger partial charge in [-0.25, -0.2) is 13.4 Å². The van der Waals surface area contributed by atoms with Gasteiger partial charge in [0.1, 0.15) is 17.6 Å². The van der Waals surface area contributed by atoms with Crippen LogP contribution in [0.3, 0.4) is 0 Å². The van der Waals surface area contributed by atoms with Gasteiger partial charge in [-0.2, -0.15) is 0 Å². The van der Waals surface area contributed by atoms with Crippen molar-refractivity contribution in [2.75, 3.05) is 11.6 Å². The van der Waals surface area contributed by atoms with Crippen LogP contribution in [0.1, 0.15) is 0 Å². The molecule has 0 bridgehead atoms. The molecule has 2 aromatic carbocycles. The Balaban J connectivity index is 1.57. The molecule has 0 aliphatic carbocycles. The van der Waals surface area contributed by atoms with E-state index in [1.165, 1.54) is 30.6 Å². The van der Waals surface area contributed by atoms with Crippen LogP contribution in [-0.2, 0) is 21.2 Å². The second kappa shape index (κ2) is 6.61. The number of aromatic nitrogens is 2. The van der Waals surface area contributed by atoms with E-state index in [0.717, 1.165) is 16.2 Å². The maximum atomic E-state index is 12.6. The number of hydrogen-bond acceptors (Lipinski definition) is 6. The summed E-state index contributed by atoms with van der Waals surface area (Å²) >= 11 is 0. The van der Waals surface area contributed by atoms with E-state index < -0.39 is 21.3 Å². The average molecular weight is 397 g/mol. The Labute approximate surface area is 159 Å². The summed E-state index contributed by atoms with van der Waals surface area (Å²) in [5.74, 6) is -0.452. The lowest BCUT2D eigenvalue weighted by Gasteiger charge is -2.07. The molecular weight excluding hydrogens is 382 g/mol. The molecule has 4 rings (SSSR count). The Morgan fingerprint density at radius 1 is 1.14 bits per heavy atom. The predicted molar refractivity (Wildman–Crippen MR) is 104 cm³/mol. The van der Waals surface area contributed by atoms with Crippen LogP contribution >= 0.6 is 0 Å². The fourth-order valence-electron chi connectivity index (χ4n) is 2.87. The Kier molecular flexibility index (Phi) is 4.23. The van der Waals surface area contributed by atoms with Crippen molar-refractivity contribution >= 4 is 43.5 Å². The Hall–Kier alpha value is -3.46. The summed E-state index contributed by atoms with van der Waals surface area (Å²) in [5.41, 5.74) is 1.06. The van der Waals surface area contributed by atoms with E-state index in [-0.39, 0.29) is 17.0 Å². The highest BCUT2D eigenvalue weighted by Crippen LogP contribution is 2.24. The van der Waals surface area contributed by atoms with Crippen LogP contribution in [0.5, 0.6) is 0 Å². The predicted octanol–water partition coefficient (Wildman–Crippen LogP) is 2.18. The van der Waals surface area contributed by atoms with Gasteiger partial charge in [0.25, 0.3) is 5.56 Å². The van der Waals surface area contributed by atoms with Gasteiger partial charge in [0.2, 0.25) is 11.5 Å². The first-order valence-corrected chi connectivity index (χ1v) is 10.2. The number of fused-ring (bicyclic) bond motifs is 3. The van der Waals surface area contributed by atoms with E-state index in [0.29, 0.717) is 16.8 Å². The first kappa shape index (κ1) is 17.9. The van der Waals surface area contributed by atoms with Gasteiger partial charge in [-0.05, 0) is 36.4 Å². The van der Waals surface area contributed by atoms with Crippen molar-refractivity contribution in [1.29, 1.82) is 0 Å². The minimum absolute atomic E-state index is 0.0917. The van der Waals surface area contributed by atoms with Crippen LogP contribution in [-0.4, -0.2) is 30.1 Å². The molecule has 0 saturated carbocycles. The zero-order chi connectivity index (χ0) is 19.9. The van der Waals surface area contributed by atoms with Gasteiger partial charge in [0.15, 0.2) is 9.84 Å². The van der Waals surface area contributed by atoms with Crippen molar-refractivity contribution < 1.29 is 17.6 Å². The van der Waals surface area contributed by atoms with Crippen molar-refractivity contribution in [1.82, 2.24) is 9.55 Å². The summed E-state index contributed by atoms with van der Waals surface area (Å²) in [4.78, 5) is 29.3. The Morgan fingerprint density at radius 3 is 2.57 bits per heavy atom. The Bertz CT molecular complexity index is 1370. The summed E-state index contributed by atoms with van der Waals surface area (Å²) in [5, 5.41) is 3.35. The summed E-state index contributed by atoms with van der Waals surface area (Å²) in [6, 6.07) is 12.9. The van der Waals surface area contributed by atoms with Crippen molar-refractivity contribution in [2.45, 2.75) is 11.4 Å². The molecule has 2 aromatic heterocycles. The molecule has 9 heteroatoms. The molecule has 0 saturated heterocycles. The SMILES string of the molecule is CS(=O)(=O)c1ccc(NC(=O)Cn2cnc3c(oc4ccccc43)c2=O)cc1. The maximum absolute atomic E-state index is 12.6. The molecule has 0 atom stereocenters. The molecular formula is C19H15N3O5S. The molecule has 0 spiro atoms. The zero-order valence-electron chi connectivity index (χ0n) is 14.7. The van der Waals surface area contributed by atoms with Gasteiger partial charge in [0, 0.05) is 17.3 Å². The number of carbonyl (C=O) groups excluding carboxylic acids is 1. The van der Waals surface area contributed by atoms with E-state index in [1.807, 2.05) is 12.1 Å². The number of nitrogens with one attached hydrogen (secondary N) is 1. The topological polar surface area (TPSA) is 111 Å². The van der Waals surface area contributed by atoms with E-state index in [9.17, 15) is 18.0 Å². The second-order valence-corrected chi connectivity index (χ2v) is 8.31. The number of sulfone groups is 1. The molecule has 1 amide bonds. The Morgan fingerprint density at radius 2 is 1.86 bits per heavy atom. The van der Waals surface area contributed by atoms with Crippen molar-refractivity contribution in [3.8, 4) is 0 Å². The van der Waals surface area contributed by atoms with Gasteiger partial charge in [-0.3, -0.25) is 14.2 Å². The minimum Gasteiger partial charge on any atom is -0.448 e. The molecule has 28 heavy (non-hydrogen) atoms. The average Bonchev–Trinajstić information content (AvgIpc) is 3.03. The minimum atomic E-state index is -3.31. The van der Waals surface area contributed by atoms with E-state index in [1.54, 1.807) is 12.1 Å². The fourth-order valence-corrected chi connectivity index (χ4v) is 3.50. The first-order chi connectivity index (χ1) is 13.3. The maximum Gasteiger partial charge on any atom is 0.297 e. The highest BCUT2D eigenvalue weighted by Gasteiger charge is 2.15. The highest BCUT2D eigenvalue weighted by molar-refractivity contribution is 7.90. The standard InChI is InChI=1S/C19H15N3O5S/c1-28(25,26)13-8-6-12(7-9-13)21-16(23)10-22-11-20-17-14-4-2-3-5-15(14)27-18(17)19(22)24/h2-9,11H,10H2,1H3,(H,21,23). The number of para-hydroxylation sites is 1. The largest absolute Gasteiger partial charge is 0.448 e. The van der Waals surface area contributed by atoms with E-state index in [2.05, 4.69) is 10.3 Å². The molecule has 1 N–H and O–H groups in total. The van der Waals surface area contributed by atoms with Crippen LogP contribution in [0.15, 0.2) is 69.0 Å². The first-order valence-electron chi connectivity index (χ1n) is 8.29. The number of nitrogens with zero attached hydrogens (tertiary/aromatic N) is 2. The van der Waals surface area contributed by atoms with Gasteiger partial charge < -0.3 is 9.73 Å². The zero-order valence-corrected chi connectivity index (χ0v) is 15.6. The summed E-state index contributed by atoms with van der Waals surface area (Å²) < 4.78 is 29.7. The number of amides is 1. The number of furan rings is 1. The number of hydrogen-bond donors (Lipinski definition) is 1. The highest BCUT2D eigenvalue weighted by atomic mass is 32.2. The smallest absolute Gasteiger partial charge is 0.297 e. The van der Waals surface area contributed by atoms with Crippen molar-refractivity contribution in [3.63, 3.8) is 0 Å². The quantitative estimate of drug-likeness (QED) is 0.565.